The van der Waals surface area contributed by atoms with E-state index in [2.05, 4.69) is 4.74 Å². The molecule has 7 heteroatoms. The summed E-state index contributed by atoms with van der Waals surface area (Å²) >= 11 is 0. The SMILES string of the molecule is NC(=O)C(N)C(=O)CN1CCOC1=O. The number of rotatable bonds is 4. The van der Waals surface area contributed by atoms with Gasteiger partial charge in [-0.2, -0.15) is 0 Å². The lowest BCUT2D eigenvalue weighted by Gasteiger charge is -2.13. The van der Waals surface area contributed by atoms with Crippen molar-refractivity contribution in [2.45, 2.75) is 6.04 Å². The lowest BCUT2D eigenvalue weighted by Crippen LogP contribution is -2.47. The Morgan fingerprint density at radius 1 is 1.57 bits per heavy atom. The van der Waals surface area contributed by atoms with Crippen LogP contribution in [0.2, 0.25) is 0 Å². The molecule has 1 unspecified atom stereocenters. The van der Waals surface area contributed by atoms with Gasteiger partial charge in [0.1, 0.15) is 12.6 Å². The van der Waals surface area contributed by atoms with Crippen molar-refractivity contribution in [2.75, 3.05) is 19.7 Å². The van der Waals surface area contributed by atoms with E-state index in [1.54, 1.807) is 0 Å². The third-order valence-corrected chi connectivity index (χ3v) is 1.85. The van der Waals surface area contributed by atoms with Crippen LogP contribution >= 0.6 is 0 Å². The van der Waals surface area contributed by atoms with Crippen molar-refractivity contribution in [1.29, 1.82) is 0 Å². The monoisotopic (exact) mass is 201 g/mol. The third-order valence-electron chi connectivity index (χ3n) is 1.85. The number of nitrogens with two attached hydrogens (primary N) is 2. The van der Waals surface area contributed by atoms with Crippen LogP contribution in [0.25, 0.3) is 0 Å². The van der Waals surface area contributed by atoms with Crippen LogP contribution in [-0.2, 0) is 14.3 Å². The molecule has 1 fully saturated rings. The largest absolute Gasteiger partial charge is 0.448 e. The number of primary amides is 1. The van der Waals surface area contributed by atoms with E-state index < -0.39 is 23.8 Å². The molecule has 0 aromatic heterocycles. The maximum Gasteiger partial charge on any atom is 0.410 e. The minimum atomic E-state index is -1.36. The van der Waals surface area contributed by atoms with Gasteiger partial charge in [-0.15, -0.1) is 0 Å². The second-order valence-corrected chi connectivity index (χ2v) is 2.88. The molecular formula is C7H11N3O4. The minimum absolute atomic E-state index is 0.233. The quantitative estimate of drug-likeness (QED) is 0.501. The molecule has 1 aliphatic heterocycles. The van der Waals surface area contributed by atoms with Crippen LogP contribution in [0.4, 0.5) is 4.79 Å². The highest BCUT2D eigenvalue weighted by Gasteiger charge is 2.28. The summed E-state index contributed by atoms with van der Waals surface area (Å²) < 4.78 is 4.58. The van der Waals surface area contributed by atoms with Gasteiger partial charge in [0, 0.05) is 0 Å². The highest BCUT2D eigenvalue weighted by atomic mass is 16.6. The third kappa shape index (κ3) is 2.19. The zero-order chi connectivity index (χ0) is 10.7. The second kappa shape index (κ2) is 4.05. The van der Waals surface area contributed by atoms with Crippen molar-refractivity contribution in [2.24, 2.45) is 11.5 Å². The van der Waals surface area contributed by atoms with E-state index in [-0.39, 0.29) is 13.2 Å². The number of carbonyl (C=O) groups is 3. The normalized spacial score (nSPS) is 17.8. The van der Waals surface area contributed by atoms with Crippen molar-refractivity contribution in [3.05, 3.63) is 0 Å². The maximum absolute atomic E-state index is 11.2. The van der Waals surface area contributed by atoms with Crippen LogP contribution in [0.5, 0.6) is 0 Å². The summed E-state index contributed by atoms with van der Waals surface area (Å²) in [6, 6.07) is -1.36. The molecule has 0 bridgehead atoms. The van der Waals surface area contributed by atoms with Gasteiger partial charge in [0.2, 0.25) is 5.91 Å². The van der Waals surface area contributed by atoms with Crippen LogP contribution in [0, 0.1) is 0 Å². The lowest BCUT2D eigenvalue weighted by molar-refractivity contribution is -0.128. The summed E-state index contributed by atoms with van der Waals surface area (Å²) in [5.41, 5.74) is 10.0. The molecule has 4 N–H and O–H groups in total. The molecule has 0 aromatic rings. The molecule has 1 atom stereocenters. The topological polar surface area (TPSA) is 116 Å². The van der Waals surface area contributed by atoms with Crippen LogP contribution in [0.15, 0.2) is 0 Å². The molecule has 7 nitrogen and oxygen atoms in total. The lowest BCUT2D eigenvalue weighted by atomic mass is 10.2. The van der Waals surface area contributed by atoms with Gasteiger partial charge in [-0.3, -0.25) is 14.5 Å². The minimum Gasteiger partial charge on any atom is -0.448 e. The van der Waals surface area contributed by atoms with Crippen LogP contribution in [0.1, 0.15) is 0 Å². The summed E-state index contributed by atoms with van der Waals surface area (Å²) in [5.74, 6) is -1.49. The molecule has 1 saturated heterocycles. The Morgan fingerprint density at radius 2 is 2.21 bits per heavy atom. The van der Waals surface area contributed by atoms with Gasteiger partial charge in [-0.1, -0.05) is 0 Å². The summed E-state index contributed by atoms with van der Waals surface area (Å²) in [6.07, 6.45) is -0.574. The zero-order valence-corrected chi connectivity index (χ0v) is 7.43. The van der Waals surface area contributed by atoms with Crippen molar-refractivity contribution in [3.63, 3.8) is 0 Å². The average Bonchev–Trinajstić information content (AvgIpc) is 2.50. The van der Waals surface area contributed by atoms with Crippen molar-refractivity contribution < 1.29 is 19.1 Å². The van der Waals surface area contributed by atoms with Crippen molar-refractivity contribution in [3.8, 4) is 0 Å². The molecule has 2 amide bonds. The number of cyclic esters (lactones) is 1. The first-order valence-electron chi connectivity index (χ1n) is 4.01. The Bertz CT molecular complexity index is 278. The highest BCUT2D eigenvalue weighted by Crippen LogP contribution is 2.02. The predicted octanol–water partition coefficient (Wildman–Crippen LogP) is -2.18. The predicted molar refractivity (Wildman–Crippen MR) is 45.1 cm³/mol. The van der Waals surface area contributed by atoms with Crippen LogP contribution in [0.3, 0.4) is 0 Å². The summed E-state index contributed by atoms with van der Waals surface area (Å²) in [6.45, 7) is 0.344. The molecule has 0 aromatic carbocycles. The van der Waals surface area contributed by atoms with Crippen molar-refractivity contribution >= 4 is 17.8 Å². The van der Waals surface area contributed by atoms with E-state index in [1.807, 2.05) is 0 Å². The van der Waals surface area contributed by atoms with E-state index in [1.165, 1.54) is 4.90 Å². The van der Waals surface area contributed by atoms with Gasteiger partial charge < -0.3 is 16.2 Å². The first-order valence-corrected chi connectivity index (χ1v) is 4.01. The Labute approximate surface area is 80.0 Å². The van der Waals surface area contributed by atoms with Crippen molar-refractivity contribution in [1.82, 2.24) is 4.90 Å². The van der Waals surface area contributed by atoms with E-state index in [9.17, 15) is 14.4 Å². The number of nitrogens with zero attached hydrogens (tertiary/aromatic N) is 1. The van der Waals surface area contributed by atoms with Gasteiger partial charge in [0.05, 0.1) is 13.1 Å². The van der Waals surface area contributed by atoms with Gasteiger partial charge in [0.15, 0.2) is 5.78 Å². The Hall–Kier alpha value is -1.63. The second-order valence-electron chi connectivity index (χ2n) is 2.88. The van der Waals surface area contributed by atoms with Gasteiger partial charge >= 0.3 is 6.09 Å². The molecule has 0 spiro atoms. The zero-order valence-electron chi connectivity index (χ0n) is 7.43. The van der Waals surface area contributed by atoms with E-state index >= 15 is 0 Å². The van der Waals surface area contributed by atoms with E-state index in [4.69, 9.17) is 11.5 Å². The summed E-state index contributed by atoms with van der Waals surface area (Å²) in [5, 5.41) is 0. The number of ketones is 1. The number of hydrogen-bond acceptors (Lipinski definition) is 5. The number of amides is 2. The van der Waals surface area contributed by atoms with Crippen LogP contribution in [-0.4, -0.2) is 48.4 Å². The van der Waals surface area contributed by atoms with E-state index in [0.29, 0.717) is 6.54 Å². The molecule has 1 heterocycles. The molecule has 1 aliphatic rings. The number of ether oxygens (including phenoxy) is 1. The maximum atomic E-state index is 11.2. The van der Waals surface area contributed by atoms with Crippen LogP contribution < -0.4 is 11.5 Å². The smallest absolute Gasteiger partial charge is 0.410 e. The molecule has 14 heavy (non-hydrogen) atoms. The highest BCUT2D eigenvalue weighted by molar-refractivity contribution is 6.05. The summed E-state index contributed by atoms with van der Waals surface area (Å²) in [7, 11) is 0. The van der Waals surface area contributed by atoms with Gasteiger partial charge in [-0.25, -0.2) is 4.79 Å². The first-order chi connectivity index (χ1) is 6.52. The Kier molecular flexibility index (Phi) is 3.03. The van der Waals surface area contributed by atoms with E-state index in [0.717, 1.165) is 0 Å². The number of Topliss-reactive ketones (excluding diaryl/α,β-unsaturated/α-hetero) is 1. The molecular weight excluding hydrogens is 190 g/mol. The Morgan fingerprint density at radius 3 is 2.64 bits per heavy atom. The Balaban J connectivity index is 2.48. The fraction of sp³-hybridized carbons (Fsp3) is 0.571. The average molecular weight is 201 g/mol. The molecule has 0 radical (unpaired) electrons. The molecule has 0 saturated carbocycles. The van der Waals surface area contributed by atoms with Gasteiger partial charge in [-0.05, 0) is 0 Å². The van der Waals surface area contributed by atoms with Gasteiger partial charge in [0.25, 0.3) is 0 Å². The molecule has 1 rings (SSSR count). The molecule has 78 valence electrons. The first kappa shape index (κ1) is 10.5. The fourth-order valence-corrected chi connectivity index (χ4v) is 1.01. The number of carbonyl (C=O) groups excluding carboxylic acids is 3. The molecule has 0 aliphatic carbocycles. The summed E-state index contributed by atoms with van der Waals surface area (Å²) in [4.78, 5) is 33.8. The standard InChI is InChI=1S/C7H11N3O4/c8-5(6(9)12)4(11)3-10-1-2-14-7(10)13/h5H,1-3,8H2,(H2,9,12). The fourth-order valence-electron chi connectivity index (χ4n) is 1.01. The number of hydrogen-bond donors (Lipinski definition) is 2.